The molecule has 0 saturated heterocycles. The molecule has 1 aliphatic carbocycles. The maximum absolute atomic E-state index is 11.5. The molecule has 0 aliphatic heterocycles. The van der Waals surface area contributed by atoms with Crippen molar-refractivity contribution in [1.82, 2.24) is 10.6 Å². The molecule has 0 bridgehead atoms. The van der Waals surface area contributed by atoms with Crippen LogP contribution in [-0.2, 0) is 9.59 Å². The van der Waals surface area contributed by atoms with Crippen molar-refractivity contribution < 1.29 is 9.59 Å². The highest BCUT2D eigenvalue weighted by Gasteiger charge is 2.25. The summed E-state index contributed by atoms with van der Waals surface area (Å²) in [6, 6.07) is 2.23. The highest BCUT2D eigenvalue weighted by Crippen LogP contribution is 2.18. The zero-order valence-electron chi connectivity index (χ0n) is 9.62. The summed E-state index contributed by atoms with van der Waals surface area (Å²) >= 11 is 0. The first kappa shape index (κ1) is 12.5. The molecule has 0 spiro atoms. The zero-order chi connectivity index (χ0) is 12.1. The van der Waals surface area contributed by atoms with Crippen LogP contribution in [0.3, 0.4) is 0 Å². The lowest BCUT2D eigenvalue weighted by Crippen LogP contribution is -2.41. The lowest BCUT2D eigenvalue weighted by atomic mass is 9.97. The summed E-state index contributed by atoms with van der Waals surface area (Å²) in [6.45, 7) is 3.57. The van der Waals surface area contributed by atoms with Crippen LogP contribution < -0.4 is 10.6 Å². The van der Waals surface area contributed by atoms with Gasteiger partial charge in [-0.15, -0.1) is 0 Å². The number of nitrogens with zero attached hydrogens (tertiary/aromatic N) is 1. The molecule has 0 aromatic carbocycles. The summed E-state index contributed by atoms with van der Waals surface area (Å²) < 4.78 is 0. The van der Waals surface area contributed by atoms with Crippen molar-refractivity contribution in [3.05, 3.63) is 0 Å². The first-order valence-corrected chi connectivity index (χ1v) is 5.51. The van der Waals surface area contributed by atoms with Gasteiger partial charge in [-0.2, -0.15) is 5.26 Å². The van der Waals surface area contributed by atoms with Crippen molar-refractivity contribution in [3.63, 3.8) is 0 Å². The zero-order valence-corrected chi connectivity index (χ0v) is 9.62. The van der Waals surface area contributed by atoms with Crippen molar-refractivity contribution >= 4 is 11.8 Å². The molecule has 1 unspecified atom stereocenters. The SMILES string of the molecule is CC(C)C(C#N)C(=O)NCC(=O)NC1CC1. The summed E-state index contributed by atoms with van der Waals surface area (Å²) in [5.41, 5.74) is 0. The highest BCUT2D eigenvalue weighted by molar-refractivity contribution is 5.87. The van der Waals surface area contributed by atoms with E-state index in [0.717, 1.165) is 12.8 Å². The van der Waals surface area contributed by atoms with E-state index < -0.39 is 5.92 Å². The van der Waals surface area contributed by atoms with Crippen LogP contribution in [0.1, 0.15) is 26.7 Å². The summed E-state index contributed by atoms with van der Waals surface area (Å²) in [7, 11) is 0. The van der Waals surface area contributed by atoms with Crippen LogP contribution in [0.5, 0.6) is 0 Å². The van der Waals surface area contributed by atoms with Crippen LogP contribution in [0.2, 0.25) is 0 Å². The van der Waals surface area contributed by atoms with E-state index in [1.165, 1.54) is 0 Å². The fourth-order valence-electron chi connectivity index (χ4n) is 1.29. The molecule has 5 heteroatoms. The van der Waals surface area contributed by atoms with Gasteiger partial charge in [0.2, 0.25) is 11.8 Å². The molecule has 0 radical (unpaired) electrons. The second kappa shape index (κ2) is 5.50. The van der Waals surface area contributed by atoms with Gasteiger partial charge < -0.3 is 10.6 Å². The van der Waals surface area contributed by atoms with Gasteiger partial charge in [-0.1, -0.05) is 13.8 Å². The summed E-state index contributed by atoms with van der Waals surface area (Å²) in [5, 5.41) is 14.0. The summed E-state index contributed by atoms with van der Waals surface area (Å²) in [4.78, 5) is 22.8. The van der Waals surface area contributed by atoms with E-state index in [2.05, 4.69) is 10.6 Å². The third kappa shape index (κ3) is 3.89. The van der Waals surface area contributed by atoms with Crippen molar-refractivity contribution in [2.24, 2.45) is 11.8 Å². The van der Waals surface area contributed by atoms with Gasteiger partial charge in [0.1, 0.15) is 5.92 Å². The largest absolute Gasteiger partial charge is 0.352 e. The number of hydrogen-bond donors (Lipinski definition) is 2. The minimum atomic E-state index is -0.686. The van der Waals surface area contributed by atoms with E-state index in [4.69, 9.17) is 5.26 Å². The second-order valence-corrected chi connectivity index (χ2v) is 4.41. The van der Waals surface area contributed by atoms with E-state index in [-0.39, 0.29) is 24.3 Å². The Bertz CT molecular complexity index is 316. The highest BCUT2D eigenvalue weighted by atomic mass is 16.2. The quantitative estimate of drug-likeness (QED) is 0.697. The van der Waals surface area contributed by atoms with Gasteiger partial charge in [-0.05, 0) is 18.8 Å². The molecule has 88 valence electrons. The van der Waals surface area contributed by atoms with Gasteiger partial charge in [0.05, 0.1) is 12.6 Å². The molecule has 1 saturated carbocycles. The van der Waals surface area contributed by atoms with Crippen LogP contribution in [-0.4, -0.2) is 24.4 Å². The number of hydrogen-bond acceptors (Lipinski definition) is 3. The Morgan fingerprint density at radius 2 is 2.06 bits per heavy atom. The monoisotopic (exact) mass is 223 g/mol. The van der Waals surface area contributed by atoms with Gasteiger partial charge in [-0.3, -0.25) is 9.59 Å². The molecule has 0 heterocycles. The molecule has 2 amide bonds. The molecule has 2 N–H and O–H groups in total. The lowest BCUT2D eigenvalue weighted by Gasteiger charge is -2.12. The minimum Gasteiger partial charge on any atom is -0.352 e. The Balaban J connectivity index is 2.27. The Hall–Kier alpha value is -1.57. The first-order chi connectivity index (χ1) is 7.54. The van der Waals surface area contributed by atoms with Crippen molar-refractivity contribution in [2.75, 3.05) is 6.54 Å². The number of nitriles is 1. The fourth-order valence-corrected chi connectivity index (χ4v) is 1.29. The molecule has 5 nitrogen and oxygen atoms in total. The third-order valence-corrected chi connectivity index (χ3v) is 2.45. The summed E-state index contributed by atoms with van der Waals surface area (Å²) in [6.07, 6.45) is 2.04. The minimum absolute atomic E-state index is 0.0414. The molecule has 1 aliphatic rings. The number of carbonyl (C=O) groups is 2. The van der Waals surface area contributed by atoms with Gasteiger partial charge in [0.25, 0.3) is 0 Å². The molecule has 1 fully saturated rings. The maximum Gasteiger partial charge on any atom is 0.239 e. The van der Waals surface area contributed by atoms with Crippen LogP contribution in [0.25, 0.3) is 0 Å². The second-order valence-electron chi connectivity index (χ2n) is 4.41. The smallest absolute Gasteiger partial charge is 0.239 e. The standard InChI is InChI=1S/C11H17N3O2/c1-7(2)9(5-12)11(16)13-6-10(15)14-8-3-4-8/h7-9H,3-4,6H2,1-2H3,(H,13,16)(H,14,15). The molecular formula is C11H17N3O2. The van der Waals surface area contributed by atoms with Crippen LogP contribution >= 0.6 is 0 Å². The average molecular weight is 223 g/mol. The van der Waals surface area contributed by atoms with Gasteiger partial charge in [-0.25, -0.2) is 0 Å². The Labute approximate surface area is 95.2 Å². The predicted octanol–water partition coefficient (Wildman–Crippen LogP) is 0.177. The fraction of sp³-hybridized carbons (Fsp3) is 0.727. The Morgan fingerprint density at radius 3 is 2.50 bits per heavy atom. The number of carbonyl (C=O) groups excluding carboxylic acids is 2. The van der Waals surface area contributed by atoms with Gasteiger partial charge in [0.15, 0.2) is 0 Å². The number of nitrogens with one attached hydrogen (secondary N) is 2. The topological polar surface area (TPSA) is 82.0 Å². The van der Waals surface area contributed by atoms with Gasteiger partial charge in [0, 0.05) is 6.04 Å². The Morgan fingerprint density at radius 1 is 1.44 bits per heavy atom. The molecule has 0 aromatic rings. The van der Waals surface area contributed by atoms with Crippen LogP contribution in [0, 0.1) is 23.2 Å². The van der Waals surface area contributed by atoms with E-state index in [1.54, 1.807) is 13.8 Å². The molecule has 0 aromatic heterocycles. The average Bonchev–Trinajstić information content (AvgIpc) is 2.99. The maximum atomic E-state index is 11.5. The normalized spacial score (nSPS) is 16.4. The van der Waals surface area contributed by atoms with E-state index >= 15 is 0 Å². The number of amides is 2. The first-order valence-electron chi connectivity index (χ1n) is 5.51. The molecule has 1 rings (SSSR count). The summed E-state index contributed by atoms with van der Waals surface area (Å²) in [5.74, 6) is -1.29. The van der Waals surface area contributed by atoms with Gasteiger partial charge >= 0.3 is 0 Å². The van der Waals surface area contributed by atoms with E-state index in [9.17, 15) is 9.59 Å². The molecule has 1 atom stereocenters. The van der Waals surface area contributed by atoms with Crippen LogP contribution in [0.15, 0.2) is 0 Å². The lowest BCUT2D eigenvalue weighted by molar-refractivity contribution is -0.128. The van der Waals surface area contributed by atoms with Crippen molar-refractivity contribution in [1.29, 1.82) is 5.26 Å². The van der Waals surface area contributed by atoms with E-state index in [0.29, 0.717) is 6.04 Å². The van der Waals surface area contributed by atoms with Crippen molar-refractivity contribution in [2.45, 2.75) is 32.7 Å². The molecule has 16 heavy (non-hydrogen) atoms. The third-order valence-electron chi connectivity index (χ3n) is 2.45. The van der Waals surface area contributed by atoms with Crippen LogP contribution in [0.4, 0.5) is 0 Å². The number of rotatable bonds is 5. The molecular weight excluding hydrogens is 206 g/mol. The Kier molecular flexibility index (Phi) is 4.29. The predicted molar refractivity (Wildman–Crippen MR) is 58.1 cm³/mol. The van der Waals surface area contributed by atoms with E-state index in [1.807, 2.05) is 6.07 Å². The van der Waals surface area contributed by atoms with Crippen molar-refractivity contribution in [3.8, 4) is 6.07 Å².